The summed E-state index contributed by atoms with van der Waals surface area (Å²) in [4.78, 5) is 35.6. The fourth-order valence-electron chi connectivity index (χ4n) is 2.92. The smallest absolute Gasteiger partial charge is 0.292 e. The number of rotatable bonds is 7. The molecule has 0 bridgehead atoms. The zero-order chi connectivity index (χ0) is 21.5. The number of nitrogens with one attached hydrogen (secondary N) is 2. The standard InChI is InChI=1S/C22H18FN3O4/c23-17-11-12-20(26(29)30)19(13-17)24-21(27)14-18(15-7-3-1-4-8-15)25-22(28)16-9-5-2-6-10-16/h1-13,18H,14H2,(H,24,27)(H,25,28)/t18-/m1/s1. The SMILES string of the molecule is O=C(C[C@@H](NC(=O)c1ccccc1)c1ccccc1)Nc1cc(F)ccc1[N+](=O)[O-]. The van der Waals surface area contributed by atoms with Gasteiger partial charge in [-0.25, -0.2) is 4.39 Å². The molecule has 2 amide bonds. The summed E-state index contributed by atoms with van der Waals surface area (Å²) < 4.78 is 13.5. The van der Waals surface area contributed by atoms with Crippen LogP contribution in [-0.4, -0.2) is 16.7 Å². The van der Waals surface area contributed by atoms with Gasteiger partial charge in [-0.15, -0.1) is 0 Å². The summed E-state index contributed by atoms with van der Waals surface area (Å²) >= 11 is 0. The Hall–Kier alpha value is -4.07. The van der Waals surface area contributed by atoms with Crippen LogP contribution in [0.15, 0.2) is 78.9 Å². The molecule has 0 spiro atoms. The molecule has 1 atom stereocenters. The van der Waals surface area contributed by atoms with Crippen molar-refractivity contribution in [1.82, 2.24) is 5.32 Å². The maximum absolute atomic E-state index is 13.5. The van der Waals surface area contributed by atoms with E-state index in [-0.39, 0.29) is 18.0 Å². The summed E-state index contributed by atoms with van der Waals surface area (Å²) in [6, 6.07) is 19.5. The van der Waals surface area contributed by atoms with Crippen LogP contribution in [0.1, 0.15) is 28.4 Å². The largest absolute Gasteiger partial charge is 0.345 e. The number of anilines is 1. The molecule has 0 aliphatic rings. The van der Waals surface area contributed by atoms with Gasteiger partial charge in [0.2, 0.25) is 5.91 Å². The second kappa shape index (κ2) is 9.42. The van der Waals surface area contributed by atoms with Crippen molar-refractivity contribution in [3.63, 3.8) is 0 Å². The van der Waals surface area contributed by atoms with Gasteiger partial charge in [0.25, 0.3) is 11.6 Å². The maximum Gasteiger partial charge on any atom is 0.292 e. The third-order valence-corrected chi connectivity index (χ3v) is 4.36. The summed E-state index contributed by atoms with van der Waals surface area (Å²) in [5, 5.41) is 16.3. The summed E-state index contributed by atoms with van der Waals surface area (Å²) in [6.07, 6.45) is -0.198. The number of nitrogens with zero attached hydrogens (tertiary/aromatic N) is 1. The van der Waals surface area contributed by atoms with Gasteiger partial charge in [-0.2, -0.15) is 0 Å². The molecule has 3 aromatic rings. The summed E-state index contributed by atoms with van der Waals surface area (Å²) in [7, 11) is 0. The second-order valence-electron chi connectivity index (χ2n) is 6.47. The molecule has 0 radical (unpaired) electrons. The van der Waals surface area contributed by atoms with Crippen molar-refractivity contribution in [1.29, 1.82) is 0 Å². The molecule has 3 rings (SSSR count). The first kappa shape index (κ1) is 20.7. The first-order chi connectivity index (χ1) is 14.4. The Morgan fingerprint density at radius 1 is 0.967 bits per heavy atom. The van der Waals surface area contributed by atoms with Crippen molar-refractivity contribution in [2.24, 2.45) is 0 Å². The van der Waals surface area contributed by atoms with E-state index >= 15 is 0 Å². The molecule has 8 heteroatoms. The molecule has 2 N–H and O–H groups in total. The molecule has 152 valence electrons. The van der Waals surface area contributed by atoms with Gasteiger partial charge in [-0.1, -0.05) is 48.5 Å². The number of hydrogen-bond donors (Lipinski definition) is 2. The Morgan fingerprint density at radius 2 is 1.60 bits per heavy atom. The summed E-state index contributed by atoms with van der Waals surface area (Å²) in [6.45, 7) is 0. The average molecular weight is 407 g/mol. The maximum atomic E-state index is 13.5. The zero-order valence-corrected chi connectivity index (χ0v) is 15.7. The molecule has 0 heterocycles. The lowest BCUT2D eigenvalue weighted by Crippen LogP contribution is -2.31. The molecular formula is C22H18FN3O4. The van der Waals surface area contributed by atoms with E-state index < -0.39 is 28.4 Å². The average Bonchev–Trinajstić information content (AvgIpc) is 2.74. The lowest BCUT2D eigenvalue weighted by atomic mass is 10.0. The van der Waals surface area contributed by atoms with Crippen LogP contribution in [0, 0.1) is 15.9 Å². The molecule has 30 heavy (non-hydrogen) atoms. The van der Waals surface area contributed by atoms with Crippen LogP contribution in [0.4, 0.5) is 15.8 Å². The predicted molar refractivity (Wildman–Crippen MR) is 109 cm³/mol. The lowest BCUT2D eigenvalue weighted by molar-refractivity contribution is -0.384. The monoisotopic (exact) mass is 407 g/mol. The van der Waals surface area contributed by atoms with E-state index in [1.54, 1.807) is 60.7 Å². The Morgan fingerprint density at radius 3 is 2.23 bits per heavy atom. The Bertz CT molecular complexity index is 1060. The first-order valence-corrected chi connectivity index (χ1v) is 9.08. The van der Waals surface area contributed by atoms with Crippen molar-refractivity contribution >= 4 is 23.2 Å². The van der Waals surface area contributed by atoms with E-state index in [0.717, 1.165) is 18.2 Å². The van der Waals surface area contributed by atoms with Crippen LogP contribution in [-0.2, 0) is 4.79 Å². The number of nitro groups is 1. The van der Waals surface area contributed by atoms with Crippen LogP contribution in [0.25, 0.3) is 0 Å². The van der Waals surface area contributed by atoms with Crippen molar-refractivity contribution in [2.75, 3.05) is 5.32 Å². The van der Waals surface area contributed by atoms with E-state index in [9.17, 15) is 24.1 Å². The number of carbonyl (C=O) groups excluding carboxylic acids is 2. The molecule has 7 nitrogen and oxygen atoms in total. The van der Waals surface area contributed by atoms with Crippen LogP contribution in [0.5, 0.6) is 0 Å². The van der Waals surface area contributed by atoms with Crippen LogP contribution in [0.3, 0.4) is 0 Å². The fraction of sp³-hybridized carbons (Fsp3) is 0.0909. The van der Waals surface area contributed by atoms with E-state index in [2.05, 4.69) is 10.6 Å². The highest BCUT2D eigenvalue weighted by Gasteiger charge is 2.22. The normalized spacial score (nSPS) is 11.4. The molecule has 0 aliphatic heterocycles. The number of amides is 2. The molecule has 0 fully saturated rings. The van der Waals surface area contributed by atoms with Gasteiger partial charge >= 0.3 is 0 Å². The van der Waals surface area contributed by atoms with Crippen molar-refractivity contribution in [3.8, 4) is 0 Å². The highest BCUT2D eigenvalue weighted by atomic mass is 19.1. The molecular weight excluding hydrogens is 389 g/mol. The molecule has 3 aromatic carbocycles. The highest BCUT2D eigenvalue weighted by molar-refractivity contribution is 5.96. The molecule has 0 aliphatic carbocycles. The van der Waals surface area contributed by atoms with E-state index in [1.165, 1.54) is 0 Å². The minimum absolute atomic E-state index is 0.198. The zero-order valence-electron chi connectivity index (χ0n) is 15.7. The molecule has 0 saturated heterocycles. The van der Waals surface area contributed by atoms with Crippen LogP contribution in [0.2, 0.25) is 0 Å². The number of nitro benzene ring substituents is 1. The number of carbonyl (C=O) groups is 2. The number of benzene rings is 3. The minimum Gasteiger partial charge on any atom is -0.345 e. The van der Waals surface area contributed by atoms with Crippen molar-refractivity contribution in [2.45, 2.75) is 12.5 Å². The molecule has 0 unspecified atom stereocenters. The topological polar surface area (TPSA) is 101 Å². The first-order valence-electron chi connectivity index (χ1n) is 9.08. The summed E-state index contributed by atoms with van der Waals surface area (Å²) in [5.74, 6) is -1.69. The van der Waals surface area contributed by atoms with Gasteiger partial charge in [0.15, 0.2) is 0 Å². The Labute approximate surface area is 171 Å². The number of hydrogen-bond acceptors (Lipinski definition) is 4. The van der Waals surface area contributed by atoms with Crippen molar-refractivity contribution in [3.05, 3.63) is 106 Å². The summed E-state index contributed by atoms with van der Waals surface area (Å²) in [5.41, 5.74) is 0.450. The quantitative estimate of drug-likeness (QED) is 0.452. The van der Waals surface area contributed by atoms with Gasteiger partial charge in [0.05, 0.1) is 17.4 Å². The lowest BCUT2D eigenvalue weighted by Gasteiger charge is -2.19. The van der Waals surface area contributed by atoms with Gasteiger partial charge in [-0.3, -0.25) is 19.7 Å². The Kier molecular flexibility index (Phi) is 6.49. The molecule has 0 saturated carbocycles. The van der Waals surface area contributed by atoms with Gasteiger partial charge in [0.1, 0.15) is 11.5 Å². The van der Waals surface area contributed by atoms with Crippen molar-refractivity contribution < 1.29 is 18.9 Å². The highest BCUT2D eigenvalue weighted by Crippen LogP contribution is 2.26. The fourth-order valence-corrected chi connectivity index (χ4v) is 2.92. The third kappa shape index (κ3) is 5.26. The van der Waals surface area contributed by atoms with Crippen LogP contribution < -0.4 is 10.6 Å². The number of halogens is 1. The van der Waals surface area contributed by atoms with Gasteiger partial charge in [-0.05, 0) is 23.8 Å². The van der Waals surface area contributed by atoms with E-state index in [4.69, 9.17) is 0 Å². The predicted octanol–water partition coefficient (Wildman–Crippen LogP) is 4.23. The van der Waals surface area contributed by atoms with Gasteiger partial charge < -0.3 is 10.6 Å². The minimum atomic E-state index is -0.715. The Balaban J connectivity index is 1.80. The second-order valence-corrected chi connectivity index (χ2v) is 6.47. The van der Waals surface area contributed by atoms with Gasteiger partial charge in [0, 0.05) is 17.7 Å². The van der Waals surface area contributed by atoms with E-state index in [0.29, 0.717) is 11.1 Å². The van der Waals surface area contributed by atoms with Crippen LogP contribution >= 0.6 is 0 Å². The molecule has 0 aromatic heterocycles. The third-order valence-electron chi connectivity index (χ3n) is 4.36. The van der Waals surface area contributed by atoms with E-state index in [1.807, 2.05) is 0 Å².